The van der Waals surface area contributed by atoms with Gasteiger partial charge in [-0.3, -0.25) is 4.79 Å². The third kappa shape index (κ3) is 2.33. The van der Waals surface area contributed by atoms with E-state index in [2.05, 4.69) is 10.6 Å². The molecule has 3 rings (SSSR count). The molecule has 1 heterocycles. The fraction of sp³-hybridized carbons (Fsp3) is 0.562. The van der Waals surface area contributed by atoms with E-state index < -0.39 is 0 Å². The van der Waals surface area contributed by atoms with E-state index in [-0.39, 0.29) is 17.1 Å². The number of hydrogen-bond acceptors (Lipinski definition) is 2. The lowest BCUT2D eigenvalue weighted by Crippen LogP contribution is -2.31. The second kappa shape index (κ2) is 5.17. The van der Waals surface area contributed by atoms with Crippen molar-refractivity contribution in [3.05, 3.63) is 29.1 Å². The second-order valence-electron chi connectivity index (χ2n) is 6.21. The Balaban J connectivity index is 1.82. The minimum absolute atomic E-state index is 0.0391. The van der Waals surface area contributed by atoms with Crippen LogP contribution in [0.4, 0.5) is 10.1 Å². The van der Waals surface area contributed by atoms with Crippen LogP contribution in [0.25, 0.3) is 0 Å². The van der Waals surface area contributed by atoms with Crippen LogP contribution < -0.4 is 10.6 Å². The smallest absolute Gasteiger partial charge is 0.230 e. The zero-order chi connectivity index (χ0) is 14.2. The Labute approximate surface area is 118 Å². The van der Waals surface area contributed by atoms with Crippen LogP contribution in [-0.4, -0.2) is 12.5 Å². The predicted molar refractivity (Wildman–Crippen MR) is 77.0 cm³/mol. The lowest BCUT2D eigenvalue weighted by atomic mass is 9.87. The molecule has 2 N–H and O–H groups in total. The number of nitrogens with one attached hydrogen (secondary N) is 2. The summed E-state index contributed by atoms with van der Waals surface area (Å²) >= 11 is 0. The fourth-order valence-corrected chi connectivity index (χ4v) is 3.29. The topological polar surface area (TPSA) is 41.1 Å². The number of carbonyl (C=O) groups is 1. The molecule has 0 spiro atoms. The predicted octanol–water partition coefficient (Wildman–Crippen LogP) is 2.99. The van der Waals surface area contributed by atoms with Crippen LogP contribution in [0.3, 0.4) is 0 Å². The largest absolute Gasteiger partial charge is 0.323 e. The van der Waals surface area contributed by atoms with E-state index in [1.807, 2.05) is 13.0 Å². The third-order valence-electron chi connectivity index (χ3n) is 4.71. The highest BCUT2D eigenvalue weighted by Crippen LogP contribution is 2.38. The Bertz CT molecular complexity index is 536. The van der Waals surface area contributed by atoms with Gasteiger partial charge in [-0.2, -0.15) is 0 Å². The molecule has 3 nitrogen and oxygen atoms in total. The van der Waals surface area contributed by atoms with Crippen LogP contribution in [0, 0.1) is 11.2 Å². The van der Waals surface area contributed by atoms with Gasteiger partial charge in [-0.25, -0.2) is 4.39 Å². The van der Waals surface area contributed by atoms with Crippen molar-refractivity contribution in [2.45, 2.75) is 45.6 Å². The highest BCUT2D eigenvalue weighted by molar-refractivity contribution is 5.95. The molecule has 0 bridgehead atoms. The quantitative estimate of drug-likeness (QED) is 0.872. The first-order chi connectivity index (χ1) is 9.60. The summed E-state index contributed by atoms with van der Waals surface area (Å²) < 4.78 is 14.5. The van der Waals surface area contributed by atoms with Crippen molar-refractivity contribution < 1.29 is 9.18 Å². The monoisotopic (exact) mass is 276 g/mol. The van der Waals surface area contributed by atoms with Crippen molar-refractivity contribution in [3.63, 3.8) is 0 Å². The number of anilines is 1. The highest BCUT2D eigenvalue weighted by Gasteiger charge is 2.36. The van der Waals surface area contributed by atoms with E-state index in [9.17, 15) is 9.18 Å². The van der Waals surface area contributed by atoms with Crippen LogP contribution >= 0.6 is 0 Å². The standard InChI is InChI=1S/C16H21FN2O/c1-16(7-2-3-8-16)15(20)19-13-5-4-11-10-18-9-6-12(11)14(13)17/h4-5,18H,2-3,6-10H2,1H3,(H,19,20). The number of carbonyl (C=O) groups excluding carboxylic acids is 1. The van der Waals surface area contributed by atoms with Gasteiger partial charge in [-0.1, -0.05) is 25.8 Å². The van der Waals surface area contributed by atoms with Gasteiger partial charge in [0.05, 0.1) is 5.69 Å². The van der Waals surface area contributed by atoms with Gasteiger partial charge in [0, 0.05) is 12.0 Å². The fourth-order valence-electron chi connectivity index (χ4n) is 3.29. The second-order valence-corrected chi connectivity index (χ2v) is 6.21. The molecule has 4 heteroatoms. The maximum absolute atomic E-state index is 14.5. The van der Waals surface area contributed by atoms with E-state index in [0.29, 0.717) is 18.7 Å². The maximum atomic E-state index is 14.5. The van der Waals surface area contributed by atoms with Crippen molar-refractivity contribution >= 4 is 11.6 Å². The van der Waals surface area contributed by atoms with Gasteiger partial charge in [0.25, 0.3) is 0 Å². The molecular formula is C16H21FN2O. The molecule has 1 saturated carbocycles. The lowest BCUT2D eigenvalue weighted by molar-refractivity contribution is -0.124. The maximum Gasteiger partial charge on any atom is 0.230 e. The van der Waals surface area contributed by atoms with E-state index >= 15 is 0 Å². The van der Waals surface area contributed by atoms with E-state index in [4.69, 9.17) is 0 Å². The van der Waals surface area contributed by atoms with E-state index in [0.717, 1.165) is 43.4 Å². The van der Waals surface area contributed by atoms with Gasteiger partial charge in [0.15, 0.2) is 0 Å². The Morgan fingerprint density at radius 1 is 1.35 bits per heavy atom. The van der Waals surface area contributed by atoms with Crippen molar-refractivity contribution in [2.75, 3.05) is 11.9 Å². The van der Waals surface area contributed by atoms with Gasteiger partial charge < -0.3 is 10.6 Å². The summed E-state index contributed by atoms with van der Waals surface area (Å²) in [6, 6.07) is 3.61. The van der Waals surface area contributed by atoms with Crippen LogP contribution in [0.2, 0.25) is 0 Å². The molecule has 1 aromatic carbocycles. The minimum atomic E-state index is -0.329. The van der Waals surface area contributed by atoms with Crippen molar-refractivity contribution in [3.8, 4) is 0 Å². The number of fused-ring (bicyclic) bond motifs is 1. The minimum Gasteiger partial charge on any atom is -0.323 e. The molecule has 0 radical (unpaired) electrons. The molecule has 20 heavy (non-hydrogen) atoms. The Morgan fingerprint density at radius 2 is 2.10 bits per heavy atom. The van der Waals surface area contributed by atoms with E-state index in [1.165, 1.54) is 0 Å². The Morgan fingerprint density at radius 3 is 2.85 bits per heavy atom. The number of amides is 1. The van der Waals surface area contributed by atoms with E-state index in [1.54, 1.807) is 6.07 Å². The first kappa shape index (κ1) is 13.6. The highest BCUT2D eigenvalue weighted by atomic mass is 19.1. The zero-order valence-corrected chi connectivity index (χ0v) is 11.9. The van der Waals surface area contributed by atoms with Crippen LogP contribution in [0.5, 0.6) is 0 Å². The van der Waals surface area contributed by atoms with Gasteiger partial charge in [-0.15, -0.1) is 0 Å². The summed E-state index contributed by atoms with van der Waals surface area (Å²) in [6.45, 7) is 3.48. The number of benzene rings is 1. The summed E-state index contributed by atoms with van der Waals surface area (Å²) in [4.78, 5) is 12.4. The molecule has 1 fully saturated rings. The molecular weight excluding hydrogens is 255 g/mol. The molecule has 108 valence electrons. The first-order valence-corrected chi connectivity index (χ1v) is 7.43. The third-order valence-corrected chi connectivity index (χ3v) is 4.71. The van der Waals surface area contributed by atoms with Crippen LogP contribution in [0.1, 0.15) is 43.7 Å². The molecule has 0 aromatic heterocycles. The average Bonchev–Trinajstić information content (AvgIpc) is 2.90. The molecule has 0 unspecified atom stereocenters. The van der Waals surface area contributed by atoms with Crippen LogP contribution in [0.15, 0.2) is 12.1 Å². The zero-order valence-electron chi connectivity index (χ0n) is 11.9. The summed E-state index contributed by atoms with van der Waals surface area (Å²) in [5, 5.41) is 6.03. The first-order valence-electron chi connectivity index (χ1n) is 7.43. The lowest BCUT2D eigenvalue weighted by Gasteiger charge is -2.24. The number of halogens is 1. The molecule has 0 saturated heterocycles. The molecule has 2 aliphatic rings. The molecule has 1 aromatic rings. The summed E-state index contributed by atoms with van der Waals surface area (Å²) in [5.74, 6) is -0.290. The summed E-state index contributed by atoms with van der Waals surface area (Å²) in [6.07, 6.45) is 4.65. The number of rotatable bonds is 2. The summed E-state index contributed by atoms with van der Waals surface area (Å²) in [7, 11) is 0. The molecule has 0 atom stereocenters. The van der Waals surface area contributed by atoms with Gasteiger partial charge in [0.1, 0.15) is 5.82 Å². The molecule has 1 amide bonds. The normalized spacial score (nSPS) is 20.5. The van der Waals surface area contributed by atoms with Gasteiger partial charge >= 0.3 is 0 Å². The van der Waals surface area contributed by atoms with Gasteiger partial charge in [0.2, 0.25) is 5.91 Å². The molecule has 1 aliphatic carbocycles. The van der Waals surface area contributed by atoms with Crippen molar-refractivity contribution in [1.29, 1.82) is 0 Å². The Hall–Kier alpha value is -1.42. The Kier molecular flexibility index (Phi) is 3.50. The van der Waals surface area contributed by atoms with Crippen LogP contribution in [-0.2, 0) is 17.8 Å². The SMILES string of the molecule is CC1(C(=O)Nc2ccc3c(c2F)CCNC3)CCCC1. The summed E-state index contributed by atoms with van der Waals surface area (Å²) in [5.41, 5.74) is 1.75. The van der Waals surface area contributed by atoms with Crippen molar-refractivity contribution in [2.24, 2.45) is 5.41 Å². The number of hydrogen-bond donors (Lipinski definition) is 2. The molecule has 1 aliphatic heterocycles. The van der Waals surface area contributed by atoms with Gasteiger partial charge in [-0.05, 0) is 43.0 Å². The average molecular weight is 276 g/mol. The van der Waals surface area contributed by atoms with Crippen molar-refractivity contribution in [1.82, 2.24) is 5.32 Å².